The molecule has 0 unspecified atom stereocenters. The predicted octanol–water partition coefficient (Wildman–Crippen LogP) is 4.04. The van der Waals surface area contributed by atoms with Gasteiger partial charge in [-0.3, -0.25) is 14.9 Å². The molecule has 0 radical (unpaired) electrons. The van der Waals surface area contributed by atoms with E-state index in [0.717, 1.165) is 39.6 Å². The summed E-state index contributed by atoms with van der Waals surface area (Å²) in [6, 6.07) is 13.5. The maximum atomic E-state index is 14.3. The van der Waals surface area contributed by atoms with E-state index in [0.29, 0.717) is 29.2 Å². The van der Waals surface area contributed by atoms with Gasteiger partial charge in [0, 0.05) is 28.5 Å². The van der Waals surface area contributed by atoms with E-state index in [1.165, 1.54) is 23.8 Å². The zero-order valence-electron chi connectivity index (χ0n) is 17.1. The maximum Gasteiger partial charge on any atom is 0.269 e. The van der Waals surface area contributed by atoms with Gasteiger partial charge in [0.2, 0.25) is 0 Å². The number of nitro groups is 1. The number of carbonyl (C=O) groups is 1. The third-order valence-corrected chi connectivity index (χ3v) is 6.40. The van der Waals surface area contributed by atoms with Gasteiger partial charge in [-0.2, -0.15) is 0 Å². The van der Waals surface area contributed by atoms with Crippen LogP contribution in [0.15, 0.2) is 48.5 Å². The van der Waals surface area contributed by atoms with Gasteiger partial charge in [-0.25, -0.2) is 4.39 Å². The summed E-state index contributed by atoms with van der Waals surface area (Å²) in [5.74, 6) is -0.281. The molecule has 154 valence electrons. The molecule has 0 fully saturated rings. The topological polar surface area (TPSA) is 60.2 Å². The SMILES string of the molecule is Cc1cc([N+](=O)[O-])ccc1C(=O)C1=c2ccc3c(c2CCC1)CC=c1c(F)cccc1=3. The first-order valence-electron chi connectivity index (χ1n) is 10.4. The van der Waals surface area contributed by atoms with E-state index < -0.39 is 4.92 Å². The molecule has 0 amide bonds. The molecule has 5 heteroatoms. The van der Waals surface area contributed by atoms with Crippen LogP contribution in [0.5, 0.6) is 0 Å². The van der Waals surface area contributed by atoms with Gasteiger partial charge in [0.15, 0.2) is 5.78 Å². The van der Waals surface area contributed by atoms with Gasteiger partial charge in [0.25, 0.3) is 5.69 Å². The number of fused-ring (bicyclic) bond motifs is 4. The lowest BCUT2D eigenvalue weighted by Crippen LogP contribution is -2.26. The normalized spacial score (nSPS) is 14.2. The average molecular weight is 413 g/mol. The largest absolute Gasteiger partial charge is 0.289 e. The zero-order chi connectivity index (χ0) is 21.7. The highest BCUT2D eigenvalue weighted by molar-refractivity contribution is 6.25. The first kappa shape index (κ1) is 19.4. The minimum Gasteiger partial charge on any atom is -0.289 e. The quantitative estimate of drug-likeness (QED) is 0.370. The lowest BCUT2D eigenvalue weighted by atomic mass is 9.83. The molecule has 0 saturated carbocycles. The van der Waals surface area contributed by atoms with Gasteiger partial charge in [-0.05, 0) is 77.1 Å². The number of hydrogen-bond donors (Lipinski definition) is 0. The summed E-state index contributed by atoms with van der Waals surface area (Å²) in [7, 11) is 0. The molecular formula is C26H20FNO3. The van der Waals surface area contributed by atoms with Crippen molar-refractivity contribution in [1.29, 1.82) is 0 Å². The number of halogens is 1. The molecule has 5 rings (SSSR count). The number of nitrogens with zero attached hydrogens (tertiary/aromatic N) is 1. The van der Waals surface area contributed by atoms with Crippen molar-refractivity contribution in [3.8, 4) is 0 Å². The number of nitro benzene ring substituents is 1. The van der Waals surface area contributed by atoms with Crippen LogP contribution in [0, 0.1) is 33.3 Å². The van der Waals surface area contributed by atoms with E-state index in [9.17, 15) is 19.3 Å². The Morgan fingerprint density at radius 2 is 1.81 bits per heavy atom. The molecule has 2 aliphatic rings. The Kier molecular flexibility index (Phi) is 4.54. The van der Waals surface area contributed by atoms with E-state index >= 15 is 0 Å². The lowest BCUT2D eigenvalue weighted by molar-refractivity contribution is -0.384. The summed E-state index contributed by atoms with van der Waals surface area (Å²) in [5, 5.41) is 14.6. The fourth-order valence-electron chi connectivity index (χ4n) is 4.92. The van der Waals surface area contributed by atoms with Gasteiger partial charge < -0.3 is 0 Å². The monoisotopic (exact) mass is 413 g/mol. The molecule has 0 saturated heterocycles. The minimum atomic E-state index is -0.451. The Labute approximate surface area is 177 Å². The molecule has 0 spiro atoms. The summed E-state index contributed by atoms with van der Waals surface area (Å²) < 4.78 is 14.3. The molecule has 0 heterocycles. The van der Waals surface area contributed by atoms with Gasteiger partial charge in [-0.1, -0.05) is 30.3 Å². The Balaban J connectivity index is 1.73. The van der Waals surface area contributed by atoms with Crippen molar-refractivity contribution in [2.75, 3.05) is 0 Å². The fourth-order valence-corrected chi connectivity index (χ4v) is 4.92. The van der Waals surface area contributed by atoms with Gasteiger partial charge in [0.1, 0.15) is 5.82 Å². The number of Topliss-reactive ketones (excluding diaryl/α,β-unsaturated/α-hetero) is 1. The fraction of sp³-hybridized carbons (Fsp3) is 0.192. The second-order valence-corrected chi connectivity index (χ2v) is 8.14. The van der Waals surface area contributed by atoms with E-state index in [4.69, 9.17) is 0 Å². The molecule has 0 N–H and O–H groups in total. The first-order chi connectivity index (χ1) is 15.0. The Morgan fingerprint density at radius 3 is 2.58 bits per heavy atom. The van der Waals surface area contributed by atoms with Crippen LogP contribution in [-0.2, 0) is 12.8 Å². The predicted molar refractivity (Wildman–Crippen MR) is 116 cm³/mol. The van der Waals surface area contributed by atoms with Crippen LogP contribution < -0.4 is 10.4 Å². The number of ketones is 1. The highest BCUT2D eigenvalue weighted by Crippen LogP contribution is 2.26. The standard InChI is InChI=1S/C26H20FNO3/c1-15-14-16(28(30)31)8-9-17(15)26(29)24-6-2-4-18-20-12-13-23-19(5-3-7-25(23)27)21(20)10-11-22(18)24/h3,5,7-11,13-14H,2,4,6,12H2,1H3. The molecule has 3 aromatic carbocycles. The summed E-state index contributed by atoms with van der Waals surface area (Å²) in [4.78, 5) is 24.0. The van der Waals surface area contributed by atoms with Crippen molar-refractivity contribution in [2.45, 2.75) is 32.6 Å². The number of aryl methyl sites for hydroxylation is 1. The zero-order valence-corrected chi connectivity index (χ0v) is 17.1. The van der Waals surface area contributed by atoms with E-state index in [-0.39, 0.29) is 17.3 Å². The number of rotatable bonds is 3. The molecule has 4 nitrogen and oxygen atoms in total. The van der Waals surface area contributed by atoms with Crippen LogP contribution in [0.25, 0.3) is 11.6 Å². The van der Waals surface area contributed by atoms with Crippen LogP contribution >= 0.6 is 0 Å². The van der Waals surface area contributed by atoms with Gasteiger partial charge >= 0.3 is 0 Å². The van der Waals surface area contributed by atoms with Crippen molar-refractivity contribution in [3.05, 3.63) is 108 Å². The molecular weight excluding hydrogens is 393 g/mol. The summed E-state index contributed by atoms with van der Waals surface area (Å²) >= 11 is 0. The van der Waals surface area contributed by atoms with Crippen LogP contribution in [0.3, 0.4) is 0 Å². The summed E-state index contributed by atoms with van der Waals surface area (Å²) in [6.07, 6.45) is 5.00. The highest BCUT2D eigenvalue weighted by Gasteiger charge is 2.23. The first-order valence-corrected chi connectivity index (χ1v) is 10.4. The Bertz CT molecular complexity index is 1500. The van der Waals surface area contributed by atoms with Crippen LogP contribution in [0.4, 0.5) is 10.1 Å². The van der Waals surface area contributed by atoms with Crippen molar-refractivity contribution in [1.82, 2.24) is 0 Å². The number of carbonyl (C=O) groups excluding carboxylic acids is 1. The Hall–Kier alpha value is -3.60. The average Bonchev–Trinajstić information content (AvgIpc) is 2.78. The van der Waals surface area contributed by atoms with Crippen LogP contribution in [-0.4, -0.2) is 10.7 Å². The Morgan fingerprint density at radius 1 is 1.00 bits per heavy atom. The van der Waals surface area contributed by atoms with E-state index in [2.05, 4.69) is 0 Å². The highest BCUT2D eigenvalue weighted by atomic mass is 19.1. The maximum absolute atomic E-state index is 14.3. The molecule has 31 heavy (non-hydrogen) atoms. The van der Waals surface area contributed by atoms with Crippen molar-refractivity contribution in [2.24, 2.45) is 0 Å². The minimum absolute atomic E-state index is 0.0152. The number of benzene rings is 3. The molecule has 3 aromatic rings. The third kappa shape index (κ3) is 3.08. The lowest BCUT2D eigenvalue weighted by Gasteiger charge is -2.20. The van der Waals surface area contributed by atoms with Crippen molar-refractivity contribution < 1.29 is 14.1 Å². The smallest absolute Gasteiger partial charge is 0.269 e. The number of hydrogen-bond acceptors (Lipinski definition) is 3. The van der Waals surface area contributed by atoms with E-state index in [1.54, 1.807) is 19.1 Å². The summed E-state index contributed by atoms with van der Waals surface area (Å²) in [5.41, 5.74) is 4.18. The molecule has 0 aliphatic heterocycles. The molecule has 0 aromatic heterocycles. The van der Waals surface area contributed by atoms with E-state index in [1.807, 2.05) is 24.3 Å². The molecule has 0 bridgehead atoms. The van der Waals surface area contributed by atoms with Crippen LogP contribution in [0.2, 0.25) is 0 Å². The van der Waals surface area contributed by atoms with Gasteiger partial charge in [0.05, 0.1) is 4.92 Å². The molecule has 2 aliphatic carbocycles. The molecule has 0 atom stereocenters. The van der Waals surface area contributed by atoms with Crippen molar-refractivity contribution >= 4 is 23.1 Å². The van der Waals surface area contributed by atoms with Crippen molar-refractivity contribution in [3.63, 3.8) is 0 Å². The number of non-ortho nitro benzene ring substituents is 1. The van der Waals surface area contributed by atoms with Crippen LogP contribution in [0.1, 0.15) is 39.9 Å². The second kappa shape index (κ2) is 7.27. The second-order valence-electron chi connectivity index (χ2n) is 8.14. The third-order valence-electron chi connectivity index (χ3n) is 6.40. The summed E-state index contributed by atoms with van der Waals surface area (Å²) in [6.45, 7) is 1.73. The van der Waals surface area contributed by atoms with Gasteiger partial charge in [-0.15, -0.1) is 0 Å².